The number of fused-ring (bicyclic) bond motifs is 1. The van der Waals surface area contributed by atoms with Gasteiger partial charge < -0.3 is 24.3 Å². The van der Waals surface area contributed by atoms with Gasteiger partial charge in [-0.25, -0.2) is 0 Å². The number of amides is 1. The first kappa shape index (κ1) is 27.1. The van der Waals surface area contributed by atoms with E-state index >= 15 is 0 Å². The minimum absolute atomic E-state index is 0.00693. The van der Waals surface area contributed by atoms with Crippen molar-refractivity contribution in [1.29, 1.82) is 0 Å². The van der Waals surface area contributed by atoms with Crippen LogP contribution in [-0.2, 0) is 24.2 Å². The van der Waals surface area contributed by atoms with Crippen LogP contribution in [0.15, 0.2) is 73.3 Å². The molecule has 1 aliphatic rings. The fourth-order valence-electron chi connectivity index (χ4n) is 4.88. The molecule has 1 aliphatic heterocycles. The van der Waals surface area contributed by atoms with E-state index in [1.807, 2.05) is 54.6 Å². The molecule has 1 heterocycles. The third kappa shape index (κ3) is 6.47. The Morgan fingerprint density at radius 2 is 1.68 bits per heavy atom. The highest BCUT2D eigenvalue weighted by molar-refractivity contribution is 5.78. The summed E-state index contributed by atoms with van der Waals surface area (Å²) < 4.78 is 22.5. The molecule has 0 aliphatic carbocycles. The molecule has 3 aromatic rings. The van der Waals surface area contributed by atoms with Crippen LogP contribution in [-0.4, -0.2) is 51.8 Å². The van der Waals surface area contributed by atoms with Crippen molar-refractivity contribution >= 4 is 5.91 Å². The van der Waals surface area contributed by atoms with Crippen LogP contribution in [0.25, 0.3) is 0 Å². The van der Waals surface area contributed by atoms with Crippen LogP contribution in [0.3, 0.4) is 0 Å². The van der Waals surface area contributed by atoms with Gasteiger partial charge in [-0.1, -0.05) is 49.1 Å². The maximum absolute atomic E-state index is 13.0. The number of nitrogens with zero attached hydrogens (tertiary/aromatic N) is 1. The molecule has 0 bridgehead atoms. The number of hydrogen-bond acceptors (Lipinski definition) is 6. The average molecular weight is 517 g/mol. The Morgan fingerprint density at radius 3 is 2.39 bits per heavy atom. The van der Waals surface area contributed by atoms with E-state index in [0.29, 0.717) is 49.1 Å². The molecular weight excluding hydrogens is 480 g/mol. The number of benzene rings is 3. The van der Waals surface area contributed by atoms with E-state index in [1.54, 1.807) is 27.4 Å². The number of ether oxygens (including phenoxy) is 4. The van der Waals surface area contributed by atoms with Gasteiger partial charge in [-0.15, -0.1) is 0 Å². The van der Waals surface area contributed by atoms with Gasteiger partial charge >= 0.3 is 0 Å². The zero-order chi connectivity index (χ0) is 26.9. The van der Waals surface area contributed by atoms with Gasteiger partial charge in [0.2, 0.25) is 5.91 Å². The number of methoxy groups -OCH3 is 3. The van der Waals surface area contributed by atoms with Crippen LogP contribution in [0.2, 0.25) is 0 Å². The third-order valence-electron chi connectivity index (χ3n) is 6.81. The molecule has 0 fully saturated rings. The van der Waals surface area contributed by atoms with Crippen LogP contribution >= 0.6 is 0 Å². The highest BCUT2D eigenvalue weighted by Crippen LogP contribution is 2.40. The summed E-state index contributed by atoms with van der Waals surface area (Å²) in [5.41, 5.74) is 4.48. The topological polar surface area (TPSA) is 69.3 Å². The third-order valence-corrected chi connectivity index (χ3v) is 6.81. The lowest BCUT2D eigenvalue weighted by Crippen LogP contribution is -2.43. The molecule has 38 heavy (non-hydrogen) atoms. The van der Waals surface area contributed by atoms with Crippen molar-refractivity contribution in [3.05, 3.63) is 95.6 Å². The Kier molecular flexibility index (Phi) is 9.27. The van der Waals surface area contributed by atoms with Crippen LogP contribution in [0, 0.1) is 0 Å². The molecule has 3 aromatic carbocycles. The Hall–Kier alpha value is -3.97. The van der Waals surface area contributed by atoms with E-state index in [1.165, 1.54) is 5.56 Å². The predicted octanol–water partition coefficient (Wildman–Crippen LogP) is 4.74. The minimum Gasteiger partial charge on any atom is -0.493 e. The number of carbonyl (C=O) groups excluding carboxylic acids is 1. The normalized spacial score (nSPS) is 14.8. The van der Waals surface area contributed by atoms with Crippen LogP contribution in [0.5, 0.6) is 23.0 Å². The van der Waals surface area contributed by atoms with Crippen molar-refractivity contribution in [1.82, 2.24) is 10.2 Å². The monoisotopic (exact) mass is 516 g/mol. The quantitative estimate of drug-likeness (QED) is 0.351. The maximum atomic E-state index is 13.0. The summed E-state index contributed by atoms with van der Waals surface area (Å²) in [5, 5.41) is 3.07. The van der Waals surface area contributed by atoms with Gasteiger partial charge in [-0.2, -0.15) is 0 Å². The molecular formula is C31H36N2O5. The second-order valence-corrected chi connectivity index (χ2v) is 9.19. The summed E-state index contributed by atoms with van der Waals surface area (Å²) in [7, 11) is 4.91. The van der Waals surface area contributed by atoms with Crippen molar-refractivity contribution in [3.63, 3.8) is 0 Å². The van der Waals surface area contributed by atoms with E-state index in [0.717, 1.165) is 29.7 Å². The molecule has 0 radical (unpaired) electrons. The zero-order valence-corrected chi connectivity index (χ0v) is 22.4. The van der Waals surface area contributed by atoms with Crippen molar-refractivity contribution in [3.8, 4) is 23.0 Å². The van der Waals surface area contributed by atoms with Crippen molar-refractivity contribution in [2.45, 2.75) is 25.4 Å². The molecule has 1 amide bonds. The highest BCUT2D eigenvalue weighted by atomic mass is 16.5. The molecule has 0 saturated heterocycles. The fraction of sp³-hybridized carbons (Fsp3) is 0.323. The summed E-state index contributed by atoms with van der Waals surface area (Å²) in [6, 6.07) is 20.0. The van der Waals surface area contributed by atoms with Gasteiger partial charge in [0, 0.05) is 19.1 Å². The Labute approximate surface area is 225 Å². The van der Waals surface area contributed by atoms with Crippen LogP contribution in [0.1, 0.15) is 28.3 Å². The number of hydrogen-bond donors (Lipinski definition) is 1. The molecule has 7 nitrogen and oxygen atoms in total. The van der Waals surface area contributed by atoms with E-state index in [-0.39, 0.29) is 11.9 Å². The van der Waals surface area contributed by atoms with E-state index in [2.05, 4.69) is 22.9 Å². The second kappa shape index (κ2) is 13.0. The summed E-state index contributed by atoms with van der Waals surface area (Å²) in [6.45, 7) is 5.69. The predicted molar refractivity (Wildman–Crippen MR) is 148 cm³/mol. The lowest BCUT2D eigenvalue weighted by Gasteiger charge is -2.37. The summed E-state index contributed by atoms with van der Waals surface area (Å²) in [5.74, 6) is 2.72. The lowest BCUT2D eigenvalue weighted by molar-refractivity contribution is -0.123. The fourth-order valence-corrected chi connectivity index (χ4v) is 4.88. The smallest absolute Gasteiger partial charge is 0.234 e. The van der Waals surface area contributed by atoms with E-state index < -0.39 is 0 Å². The van der Waals surface area contributed by atoms with Crippen LogP contribution in [0.4, 0.5) is 0 Å². The Bertz CT molecular complexity index is 1240. The summed E-state index contributed by atoms with van der Waals surface area (Å²) >= 11 is 0. The van der Waals surface area contributed by atoms with Gasteiger partial charge in [0.05, 0.1) is 27.9 Å². The molecule has 0 saturated carbocycles. The molecule has 0 aromatic heterocycles. The molecule has 7 heteroatoms. The Balaban J connectivity index is 1.62. The Morgan fingerprint density at radius 1 is 0.947 bits per heavy atom. The molecule has 200 valence electrons. The number of carbonyl (C=O) groups is 1. The van der Waals surface area contributed by atoms with Crippen LogP contribution < -0.4 is 24.3 Å². The van der Waals surface area contributed by atoms with Gasteiger partial charge in [0.25, 0.3) is 0 Å². The van der Waals surface area contributed by atoms with Gasteiger partial charge in [0.1, 0.15) is 6.61 Å². The first-order valence-corrected chi connectivity index (χ1v) is 12.8. The highest BCUT2D eigenvalue weighted by Gasteiger charge is 2.31. The standard InChI is InChI=1S/C31H36N2O5/c1-5-15-38-30-18-24-13-14-33(21-31(34)32-20-22-9-7-6-8-10-22)26(25(24)19-29(30)37-4)16-23-11-12-27(35-2)28(17-23)36-3/h5-12,17-19,26H,1,13-16,20-21H2,2-4H3,(H,32,34). The number of nitrogens with one attached hydrogen (secondary N) is 1. The SMILES string of the molecule is C=CCOc1cc2c(cc1OC)C(Cc1ccc(OC)c(OC)c1)N(CC(=O)NCc1ccccc1)CC2. The molecule has 1 atom stereocenters. The first-order chi connectivity index (χ1) is 18.6. The van der Waals surface area contributed by atoms with Gasteiger partial charge in [-0.3, -0.25) is 9.69 Å². The average Bonchev–Trinajstić information content (AvgIpc) is 2.96. The molecule has 4 rings (SSSR count). The van der Waals surface area contributed by atoms with Gasteiger partial charge in [-0.05, 0) is 59.4 Å². The summed E-state index contributed by atoms with van der Waals surface area (Å²) in [4.78, 5) is 15.3. The van der Waals surface area contributed by atoms with Crippen molar-refractivity contribution in [2.24, 2.45) is 0 Å². The van der Waals surface area contributed by atoms with Gasteiger partial charge in [0.15, 0.2) is 23.0 Å². The molecule has 0 spiro atoms. The number of rotatable bonds is 12. The first-order valence-electron chi connectivity index (χ1n) is 12.8. The van der Waals surface area contributed by atoms with Crippen molar-refractivity contribution < 1.29 is 23.7 Å². The molecule has 1 unspecified atom stereocenters. The van der Waals surface area contributed by atoms with E-state index in [9.17, 15) is 4.79 Å². The van der Waals surface area contributed by atoms with Crippen molar-refractivity contribution in [2.75, 3.05) is 41.0 Å². The zero-order valence-electron chi connectivity index (χ0n) is 22.4. The minimum atomic E-state index is -0.0401. The largest absolute Gasteiger partial charge is 0.493 e. The van der Waals surface area contributed by atoms with E-state index in [4.69, 9.17) is 18.9 Å². The lowest BCUT2D eigenvalue weighted by atomic mass is 9.88. The second-order valence-electron chi connectivity index (χ2n) is 9.19. The summed E-state index contributed by atoms with van der Waals surface area (Å²) in [6.07, 6.45) is 3.21. The maximum Gasteiger partial charge on any atom is 0.234 e. The molecule has 1 N–H and O–H groups in total.